The Balaban J connectivity index is 2.05. The minimum Gasteiger partial charge on any atom is -0.342 e. The van der Waals surface area contributed by atoms with E-state index in [0.717, 1.165) is 25.7 Å². The molecule has 2 amide bonds. The van der Waals surface area contributed by atoms with Gasteiger partial charge in [0.05, 0.1) is 0 Å². The lowest BCUT2D eigenvalue weighted by Gasteiger charge is -2.30. The van der Waals surface area contributed by atoms with Crippen molar-refractivity contribution in [2.24, 2.45) is 5.41 Å². The first kappa shape index (κ1) is 16.5. The van der Waals surface area contributed by atoms with E-state index in [1.54, 1.807) is 18.7 Å². The molecule has 0 spiro atoms. The molecule has 1 heterocycles. The third-order valence-electron chi connectivity index (χ3n) is 4.10. The molecule has 120 valence electrons. The smallest absolute Gasteiger partial charge is 0.239 e. The molecule has 1 aliphatic rings. The molecule has 1 aromatic rings. The van der Waals surface area contributed by atoms with Crippen LogP contribution < -0.4 is 5.32 Å². The van der Waals surface area contributed by atoms with Crippen LogP contribution in [0.25, 0.3) is 0 Å². The quantitative estimate of drug-likeness (QED) is 0.872. The second-order valence-corrected chi connectivity index (χ2v) is 6.29. The molecule has 22 heavy (non-hydrogen) atoms. The van der Waals surface area contributed by atoms with Gasteiger partial charge in [0.25, 0.3) is 0 Å². The second kappa shape index (κ2) is 6.90. The number of likely N-dealkylation sites (tertiary alicyclic amines) is 1. The first-order valence-corrected chi connectivity index (χ1v) is 7.77. The number of anilines is 1. The number of nitrogens with zero attached hydrogens (tertiary/aromatic N) is 1. The predicted molar refractivity (Wildman–Crippen MR) is 83.9 cm³/mol. The highest BCUT2D eigenvalue weighted by atomic mass is 19.1. The fraction of sp³-hybridized carbons (Fsp3) is 0.529. The van der Waals surface area contributed by atoms with Crippen LogP contribution in [0.3, 0.4) is 0 Å². The molecule has 1 N–H and O–H groups in total. The summed E-state index contributed by atoms with van der Waals surface area (Å²) >= 11 is 0. The molecule has 0 unspecified atom stereocenters. The van der Waals surface area contributed by atoms with E-state index in [1.165, 1.54) is 24.3 Å². The molecule has 1 aliphatic heterocycles. The van der Waals surface area contributed by atoms with E-state index >= 15 is 0 Å². The van der Waals surface area contributed by atoms with Gasteiger partial charge < -0.3 is 10.2 Å². The summed E-state index contributed by atoms with van der Waals surface area (Å²) in [6.45, 7) is 4.70. The molecular formula is C17H23FN2O2. The molecule has 1 fully saturated rings. The van der Waals surface area contributed by atoms with Crippen LogP contribution in [0.4, 0.5) is 10.1 Å². The maximum absolute atomic E-state index is 12.9. The van der Waals surface area contributed by atoms with Crippen LogP contribution in [0.2, 0.25) is 0 Å². The minimum atomic E-state index is -1.14. The van der Waals surface area contributed by atoms with Crippen molar-refractivity contribution in [3.05, 3.63) is 30.1 Å². The normalized spacial score (nSPS) is 16.0. The van der Waals surface area contributed by atoms with Gasteiger partial charge in [-0.3, -0.25) is 9.59 Å². The van der Waals surface area contributed by atoms with Gasteiger partial charge in [0.15, 0.2) is 0 Å². The largest absolute Gasteiger partial charge is 0.342 e. The number of hydrogen-bond donors (Lipinski definition) is 1. The number of hydrogen-bond acceptors (Lipinski definition) is 2. The molecule has 1 aromatic carbocycles. The number of carbonyl (C=O) groups is 2. The zero-order valence-electron chi connectivity index (χ0n) is 13.2. The van der Waals surface area contributed by atoms with Gasteiger partial charge in [-0.15, -0.1) is 0 Å². The average molecular weight is 306 g/mol. The van der Waals surface area contributed by atoms with Gasteiger partial charge in [0, 0.05) is 18.8 Å². The highest BCUT2D eigenvalue weighted by Gasteiger charge is 2.39. The Bertz CT molecular complexity index is 532. The van der Waals surface area contributed by atoms with Gasteiger partial charge in [0.1, 0.15) is 11.2 Å². The lowest BCUT2D eigenvalue weighted by Crippen LogP contribution is -2.47. The van der Waals surface area contributed by atoms with E-state index in [1.807, 2.05) is 0 Å². The minimum absolute atomic E-state index is 0.144. The summed E-state index contributed by atoms with van der Waals surface area (Å²) in [5.41, 5.74) is -0.651. The monoisotopic (exact) mass is 306 g/mol. The van der Waals surface area contributed by atoms with E-state index in [-0.39, 0.29) is 17.6 Å². The maximum atomic E-state index is 12.9. The van der Waals surface area contributed by atoms with E-state index in [9.17, 15) is 14.0 Å². The fourth-order valence-electron chi connectivity index (χ4n) is 2.59. The van der Waals surface area contributed by atoms with Crippen LogP contribution in [0.5, 0.6) is 0 Å². The summed E-state index contributed by atoms with van der Waals surface area (Å²) in [6, 6.07) is 5.53. The molecule has 0 bridgehead atoms. The topological polar surface area (TPSA) is 49.4 Å². The van der Waals surface area contributed by atoms with Crippen molar-refractivity contribution in [2.45, 2.75) is 39.5 Å². The van der Waals surface area contributed by atoms with E-state index < -0.39 is 5.41 Å². The van der Waals surface area contributed by atoms with Crippen LogP contribution >= 0.6 is 0 Å². The Kier molecular flexibility index (Phi) is 5.16. The molecule has 0 aromatic heterocycles. The molecular weight excluding hydrogens is 283 g/mol. The summed E-state index contributed by atoms with van der Waals surface area (Å²) in [5.74, 6) is -0.875. The van der Waals surface area contributed by atoms with E-state index in [0.29, 0.717) is 18.8 Å². The third kappa shape index (κ3) is 3.84. The Morgan fingerprint density at radius 3 is 2.14 bits per heavy atom. The van der Waals surface area contributed by atoms with Crippen molar-refractivity contribution >= 4 is 17.5 Å². The van der Waals surface area contributed by atoms with E-state index in [4.69, 9.17) is 0 Å². The lowest BCUT2D eigenvalue weighted by atomic mass is 9.90. The SMILES string of the molecule is CC(C)(C(=O)Nc1ccc(F)cc1)C(=O)N1CCCCCC1. The summed E-state index contributed by atoms with van der Waals surface area (Å²) in [6.07, 6.45) is 4.24. The first-order chi connectivity index (χ1) is 10.4. The fourth-order valence-corrected chi connectivity index (χ4v) is 2.59. The number of halogens is 1. The summed E-state index contributed by atoms with van der Waals surface area (Å²) in [4.78, 5) is 26.9. The Hall–Kier alpha value is -1.91. The van der Waals surface area contributed by atoms with Crippen LogP contribution in [0.15, 0.2) is 24.3 Å². The lowest BCUT2D eigenvalue weighted by molar-refractivity contribution is -0.146. The van der Waals surface area contributed by atoms with Gasteiger partial charge in [-0.1, -0.05) is 12.8 Å². The van der Waals surface area contributed by atoms with Crippen molar-refractivity contribution in [1.29, 1.82) is 0 Å². The van der Waals surface area contributed by atoms with Crippen molar-refractivity contribution in [3.63, 3.8) is 0 Å². The standard InChI is InChI=1S/C17H23FN2O2/c1-17(2,16(22)20-11-5-3-4-6-12-20)15(21)19-14-9-7-13(18)8-10-14/h7-10H,3-6,11-12H2,1-2H3,(H,19,21). The molecule has 0 atom stereocenters. The highest BCUT2D eigenvalue weighted by Crippen LogP contribution is 2.24. The van der Waals surface area contributed by atoms with Crippen molar-refractivity contribution in [1.82, 2.24) is 4.90 Å². The number of rotatable bonds is 3. The van der Waals surface area contributed by atoms with Gasteiger partial charge in [0.2, 0.25) is 11.8 Å². The molecule has 0 saturated carbocycles. The first-order valence-electron chi connectivity index (χ1n) is 7.77. The highest BCUT2D eigenvalue weighted by molar-refractivity contribution is 6.09. The summed E-state index contributed by atoms with van der Waals surface area (Å²) < 4.78 is 12.9. The second-order valence-electron chi connectivity index (χ2n) is 6.29. The molecule has 5 heteroatoms. The van der Waals surface area contributed by atoms with E-state index in [2.05, 4.69) is 5.32 Å². The number of carbonyl (C=O) groups excluding carboxylic acids is 2. The van der Waals surface area contributed by atoms with Crippen molar-refractivity contribution in [3.8, 4) is 0 Å². The van der Waals surface area contributed by atoms with Crippen LogP contribution in [0.1, 0.15) is 39.5 Å². The molecule has 0 radical (unpaired) electrons. The average Bonchev–Trinajstić information content (AvgIpc) is 2.77. The maximum Gasteiger partial charge on any atom is 0.239 e. The van der Waals surface area contributed by atoms with Gasteiger partial charge in [-0.25, -0.2) is 4.39 Å². The van der Waals surface area contributed by atoms with Crippen LogP contribution in [-0.4, -0.2) is 29.8 Å². The van der Waals surface area contributed by atoms with Crippen molar-refractivity contribution < 1.29 is 14.0 Å². The Morgan fingerprint density at radius 1 is 1.05 bits per heavy atom. The zero-order valence-corrected chi connectivity index (χ0v) is 13.2. The Labute approximate surface area is 130 Å². The predicted octanol–water partition coefficient (Wildman–Crippen LogP) is 3.19. The molecule has 2 rings (SSSR count). The zero-order chi connectivity index (χ0) is 16.2. The van der Waals surface area contributed by atoms with Crippen LogP contribution in [0, 0.1) is 11.2 Å². The number of nitrogens with one attached hydrogen (secondary N) is 1. The molecule has 4 nitrogen and oxygen atoms in total. The van der Waals surface area contributed by atoms with Gasteiger partial charge >= 0.3 is 0 Å². The molecule has 0 aliphatic carbocycles. The Morgan fingerprint density at radius 2 is 1.59 bits per heavy atom. The van der Waals surface area contributed by atoms with Gasteiger partial charge in [-0.2, -0.15) is 0 Å². The number of benzene rings is 1. The van der Waals surface area contributed by atoms with Gasteiger partial charge in [-0.05, 0) is 51.0 Å². The number of amides is 2. The summed E-state index contributed by atoms with van der Waals surface area (Å²) in [7, 11) is 0. The third-order valence-corrected chi connectivity index (χ3v) is 4.10. The molecule has 1 saturated heterocycles. The summed E-state index contributed by atoms with van der Waals surface area (Å²) in [5, 5.41) is 2.69. The van der Waals surface area contributed by atoms with Crippen molar-refractivity contribution in [2.75, 3.05) is 18.4 Å². The van der Waals surface area contributed by atoms with Crippen LogP contribution in [-0.2, 0) is 9.59 Å².